The van der Waals surface area contributed by atoms with Crippen molar-refractivity contribution in [2.24, 2.45) is 0 Å². The van der Waals surface area contributed by atoms with Crippen molar-refractivity contribution in [1.82, 2.24) is 0 Å². The van der Waals surface area contributed by atoms with Gasteiger partial charge in [0.1, 0.15) is 5.76 Å². The minimum absolute atomic E-state index is 0.154. The highest BCUT2D eigenvalue weighted by atomic mass is 16.5. The number of hydrogen-bond donors (Lipinski definition) is 0. The molecule has 2 aliphatic rings. The first-order valence-electron chi connectivity index (χ1n) is 3.87. The lowest BCUT2D eigenvalue weighted by Crippen LogP contribution is -2.16. The molecule has 0 aromatic heterocycles. The highest BCUT2D eigenvalue weighted by Gasteiger charge is 2.20. The van der Waals surface area contributed by atoms with Crippen LogP contribution in [0.3, 0.4) is 0 Å². The maximum Gasteiger partial charge on any atom is 0.170 e. The van der Waals surface area contributed by atoms with E-state index in [1.54, 1.807) is 24.3 Å². The van der Waals surface area contributed by atoms with Gasteiger partial charge in [0.2, 0.25) is 0 Å². The second kappa shape index (κ2) is 2.84. The maximum absolute atomic E-state index is 11.3. The van der Waals surface area contributed by atoms with Gasteiger partial charge < -0.3 is 4.74 Å². The number of carbonyl (C=O) groups excluding carboxylic acids is 1. The van der Waals surface area contributed by atoms with E-state index in [-0.39, 0.29) is 5.78 Å². The van der Waals surface area contributed by atoms with Crippen molar-refractivity contribution in [3.63, 3.8) is 0 Å². The predicted molar refractivity (Wildman–Crippen MR) is 44.4 cm³/mol. The van der Waals surface area contributed by atoms with E-state index in [0.717, 1.165) is 0 Å². The van der Waals surface area contributed by atoms with Gasteiger partial charge in [0.15, 0.2) is 5.78 Å². The molecule has 0 unspecified atom stereocenters. The third-order valence-electron chi connectivity index (χ3n) is 1.83. The van der Waals surface area contributed by atoms with E-state index < -0.39 is 0 Å². The zero-order valence-corrected chi connectivity index (χ0v) is 6.54. The van der Waals surface area contributed by atoms with Crippen LogP contribution in [0.25, 0.3) is 0 Å². The fourth-order valence-corrected chi connectivity index (χ4v) is 1.23. The molecule has 0 atom stereocenters. The Morgan fingerprint density at radius 3 is 3.08 bits per heavy atom. The third kappa shape index (κ3) is 1.13. The van der Waals surface area contributed by atoms with E-state index in [4.69, 9.17) is 4.74 Å². The zero-order chi connectivity index (χ0) is 8.39. The van der Waals surface area contributed by atoms with Crippen LogP contribution in [-0.2, 0) is 9.53 Å². The van der Waals surface area contributed by atoms with Gasteiger partial charge in [-0.1, -0.05) is 0 Å². The molecular formula is C10H8O2. The summed E-state index contributed by atoms with van der Waals surface area (Å²) in [6, 6.07) is 0. The Morgan fingerprint density at radius 1 is 1.33 bits per heavy atom. The average molecular weight is 160 g/mol. The van der Waals surface area contributed by atoms with E-state index in [1.165, 1.54) is 0 Å². The summed E-state index contributed by atoms with van der Waals surface area (Å²) >= 11 is 0. The quantitative estimate of drug-likeness (QED) is 0.502. The number of ether oxygens (including phenoxy) is 1. The molecule has 1 fully saturated rings. The van der Waals surface area contributed by atoms with E-state index in [0.29, 0.717) is 24.4 Å². The van der Waals surface area contributed by atoms with Gasteiger partial charge in [0.25, 0.3) is 0 Å². The first kappa shape index (κ1) is 7.14. The van der Waals surface area contributed by atoms with Crippen LogP contribution in [0.1, 0.15) is 6.42 Å². The van der Waals surface area contributed by atoms with Crippen LogP contribution in [0, 0.1) is 0 Å². The van der Waals surface area contributed by atoms with Crippen molar-refractivity contribution in [1.29, 1.82) is 0 Å². The van der Waals surface area contributed by atoms with Gasteiger partial charge in [-0.25, -0.2) is 0 Å². The molecule has 60 valence electrons. The summed E-state index contributed by atoms with van der Waals surface area (Å²) in [6.45, 7) is 0.496. The predicted octanol–water partition coefficient (Wildman–Crippen LogP) is 1.51. The Kier molecular flexibility index (Phi) is 1.69. The second-order valence-corrected chi connectivity index (χ2v) is 2.63. The van der Waals surface area contributed by atoms with Crippen molar-refractivity contribution >= 4 is 5.78 Å². The molecule has 1 aliphatic carbocycles. The van der Waals surface area contributed by atoms with Crippen LogP contribution in [-0.4, -0.2) is 12.4 Å². The monoisotopic (exact) mass is 160 g/mol. The standard InChI is InChI=1S/C10H8O2/c11-9-6-7-12-10-5-3-1-2-4-8(9)10/h2-5H,6-7H2. The van der Waals surface area contributed by atoms with Crippen LogP contribution >= 0.6 is 0 Å². The summed E-state index contributed by atoms with van der Waals surface area (Å²) in [6.07, 6.45) is 7.48. The van der Waals surface area contributed by atoms with E-state index in [9.17, 15) is 4.79 Å². The minimum Gasteiger partial charge on any atom is -0.492 e. The molecule has 12 heavy (non-hydrogen) atoms. The van der Waals surface area contributed by atoms with Crippen LogP contribution < -0.4 is 0 Å². The van der Waals surface area contributed by atoms with E-state index in [1.807, 2.05) is 0 Å². The average Bonchev–Trinajstić information content (AvgIpc) is 2.30. The number of rotatable bonds is 0. The van der Waals surface area contributed by atoms with Crippen LogP contribution in [0.15, 0.2) is 41.4 Å². The smallest absolute Gasteiger partial charge is 0.170 e. The number of allylic oxidation sites excluding steroid dienone is 4. The molecule has 2 heteroatoms. The molecule has 0 bridgehead atoms. The van der Waals surface area contributed by atoms with Crippen molar-refractivity contribution in [2.45, 2.75) is 6.42 Å². The summed E-state index contributed by atoms with van der Waals surface area (Å²) in [5, 5.41) is 0. The summed E-state index contributed by atoms with van der Waals surface area (Å²) in [4.78, 5) is 11.3. The van der Waals surface area contributed by atoms with Gasteiger partial charge in [-0.3, -0.25) is 4.79 Å². The lowest BCUT2D eigenvalue weighted by atomic mass is 10.0. The molecule has 2 rings (SSSR count). The lowest BCUT2D eigenvalue weighted by molar-refractivity contribution is -0.117. The first-order valence-corrected chi connectivity index (χ1v) is 3.87. The van der Waals surface area contributed by atoms with Gasteiger partial charge >= 0.3 is 0 Å². The summed E-state index contributed by atoms with van der Waals surface area (Å²) in [5.74, 6) is 0.827. The molecule has 0 aromatic carbocycles. The molecule has 0 radical (unpaired) electrons. The topological polar surface area (TPSA) is 26.3 Å². The van der Waals surface area contributed by atoms with Gasteiger partial charge in [-0.2, -0.15) is 0 Å². The number of carbonyl (C=O) groups is 1. The lowest BCUT2D eigenvalue weighted by Gasteiger charge is -2.17. The Hall–Kier alpha value is -1.53. The van der Waals surface area contributed by atoms with Crippen molar-refractivity contribution in [2.75, 3.05) is 6.61 Å². The Morgan fingerprint density at radius 2 is 2.17 bits per heavy atom. The zero-order valence-electron chi connectivity index (χ0n) is 6.54. The largest absolute Gasteiger partial charge is 0.492 e. The summed E-state index contributed by atoms with van der Waals surface area (Å²) in [7, 11) is 0. The number of ketones is 1. The van der Waals surface area contributed by atoms with Crippen molar-refractivity contribution in [3.8, 4) is 0 Å². The van der Waals surface area contributed by atoms with E-state index in [2.05, 4.69) is 5.73 Å². The first-order chi connectivity index (χ1) is 5.88. The Labute approximate surface area is 70.5 Å². The summed E-state index contributed by atoms with van der Waals surface area (Å²) in [5.41, 5.74) is 3.56. The molecule has 0 aromatic rings. The maximum atomic E-state index is 11.3. The molecule has 1 heterocycles. The van der Waals surface area contributed by atoms with Crippen molar-refractivity contribution < 1.29 is 9.53 Å². The Balaban J connectivity index is 2.43. The van der Waals surface area contributed by atoms with E-state index >= 15 is 0 Å². The fraction of sp³-hybridized carbons (Fsp3) is 0.200. The minimum atomic E-state index is 0.154. The number of hydrogen-bond acceptors (Lipinski definition) is 2. The van der Waals surface area contributed by atoms with Gasteiger partial charge in [-0.05, 0) is 24.3 Å². The van der Waals surface area contributed by atoms with Crippen LogP contribution in [0.5, 0.6) is 0 Å². The molecule has 0 N–H and O–H groups in total. The fourth-order valence-electron chi connectivity index (χ4n) is 1.23. The van der Waals surface area contributed by atoms with Crippen molar-refractivity contribution in [3.05, 3.63) is 41.4 Å². The molecule has 1 saturated heterocycles. The number of fused-ring (bicyclic) bond motifs is 1. The van der Waals surface area contributed by atoms with Crippen LogP contribution in [0.2, 0.25) is 0 Å². The highest BCUT2D eigenvalue weighted by Crippen LogP contribution is 2.21. The van der Waals surface area contributed by atoms with Gasteiger partial charge in [0, 0.05) is 6.42 Å². The second-order valence-electron chi connectivity index (χ2n) is 2.63. The van der Waals surface area contributed by atoms with Gasteiger partial charge in [-0.15, -0.1) is 5.73 Å². The molecule has 0 spiro atoms. The molecule has 2 nitrogen and oxygen atoms in total. The van der Waals surface area contributed by atoms with Gasteiger partial charge in [0.05, 0.1) is 12.2 Å². The summed E-state index contributed by atoms with van der Waals surface area (Å²) < 4.78 is 5.31. The highest BCUT2D eigenvalue weighted by molar-refractivity contribution is 6.00. The number of Topliss-reactive ketones (excluding diaryl/α,β-unsaturated/α-hetero) is 1. The third-order valence-corrected chi connectivity index (χ3v) is 1.83. The molecule has 1 aliphatic heterocycles. The molecule has 0 amide bonds. The molecule has 0 saturated carbocycles. The van der Waals surface area contributed by atoms with Crippen LogP contribution in [0.4, 0.5) is 0 Å². The SMILES string of the molecule is O=C1CCOC2=CC=C=CC=C12. The normalized spacial score (nSPS) is 20.5. The molecular weight excluding hydrogens is 152 g/mol. The Bertz CT molecular complexity index is 339.